The van der Waals surface area contributed by atoms with Crippen molar-refractivity contribution in [3.63, 3.8) is 0 Å². The molecule has 1 aliphatic carbocycles. The topological polar surface area (TPSA) is 3.24 Å². The van der Waals surface area contributed by atoms with Crippen molar-refractivity contribution >= 4 is 11.9 Å². The third kappa shape index (κ3) is 1.97. The van der Waals surface area contributed by atoms with Crippen molar-refractivity contribution in [1.29, 1.82) is 0 Å². The summed E-state index contributed by atoms with van der Waals surface area (Å²) in [6.45, 7) is 2.15. The van der Waals surface area contributed by atoms with Gasteiger partial charge in [0.1, 0.15) is 11.6 Å². The Balaban J connectivity index is 1.81. The van der Waals surface area contributed by atoms with Crippen molar-refractivity contribution in [3.05, 3.63) is 46.9 Å². The minimum atomic E-state index is -0.502. The van der Waals surface area contributed by atoms with Gasteiger partial charge >= 0.3 is 0 Å². The average molecular weight is 267 g/mol. The zero-order valence-corrected chi connectivity index (χ0v) is 11.0. The molecule has 1 nitrogen and oxygen atoms in total. The summed E-state index contributed by atoms with van der Waals surface area (Å²) in [4.78, 5) is 0. The number of halogens is 2. The van der Waals surface area contributed by atoms with Crippen LogP contribution in [0.3, 0.4) is 0 Å². The number of rotatable bonds is 2. The lowest BCUT2D eigenvalue weighted by Gasteiger charge is -2.44. The number of hydrogen-bond donors (Lipinski definition) is 0. The fourth-order valence-corrected chi connectivity index (χ4v) is 3.84. The van der Waals surface area contributed by atoms with Crippen molar-refractivity contribution in [1.82, 2.24) is 4.31 Å². The Kier molecular flexibility index (Phi) is 3.16. The third-order valence-corrected chi connectivity index (χ3v) is 4.99. The van der Waals surface area contributed by atoms with Gasteiger partial charge in [-0.25, -0.2) is 13.1 Å². The summed E-state index contributed by atoms with van der Waals surface area (Å²) in [5.74, 6) is -0.715. The Hall–Kier alpha value is -0.870. The molecule has 2 aliphatic rings. The Morgan fingerprint density at radius 3 is 2.67 bits per heavy atom. The Morgan fingerprint density at radius 2 is 2.11 bits per heavy atom. The van der Waals surface area contributed by atoms with Gasteiger partial charge in [0.05, 0.1) is 0 Å². The van der Waals surface area contributed by atoms with Gasteiger partial charge in [0.25, 0.3) is 0 Å². The summed E-state index contributed by atoms with van der Waals surface area (Å²) in [5.41, 5.74) is 0.660. The first-order chi connectivity index (χ1) is 8.66. The van der Waals surface area contributed by atoms with Crippen LogP contribution in [-0.2, 0) is 0 Å². The summed E-state index contributed by atoms with van der Waals surface area (Å²) in [5, 5.41) is 2.08. The lowest BCUT2D eigenvalue weighted by molar-refractivity contribution is 0.180. The van der Waals surface area contributed by atoms with Gasteiger partial charge in [-0.15, -0.1) is 0 Å². The van der Waals surface area contributed by atoms with Crippen LogP contribution < -0.4 is 0 Å². The normalized spacial score (nSPS) is 31.6. The maximum Gasteiger partial charge on any atom is 0.129 e. The van der Waals surface area contributed by atoms with Crippen LogP contribution in [0, 0.1) is 11.6 Å². The highest BCUT2D eigenvalue weighted by atomic mass is 32.2. The largest absolute Gasteiger partial charge is 0.237 e. The quantitative estimate of drug-likeness (QED) is 0.743. The first-order valence-corrected chi connectivity index (χ1v) is 7.07. The molecule has 0 saturated heterocycles. The molecule has 1 fully saturated rings. The monoisotopic (exact) mass is 267 g/mol. The first-order valence-electron chi connectivity index (χ1n) is 6.23. The molecule has 1 aliphatic heterocycles. The standard InChI is InChI=1S/C14H15F2NS/c1-9-6-7-18-17(9)14-5-4-12(14)11-3-2-10(15)8-13(11)16/h2-3,6-9,12,14H,4-5H2,1H3/t9?,12-,14-/m0/s1. The summed E-state index contributed by atoms with van der Waals surface area (Å²) >= 11 is 1.70. The van der Waals surface area contributed by atoms with Crippen molar-refractivity contribution in [2.75, 3.05) is 0 Å². The number of benzene rings is 1. The number of hydrogen-bond acceptors (Lipinski definition) is 2. The van der Waals surface area contributed by atoms with Crippen LogP contribution in [0.1, 0.15) is 31.2 Å². The zero-order valence-electron chi connectivity index (χ0n) is 10.1. The molecule has 3 atom stereocenters. The molecular weight excluding hydrogens is 252 g/mol. The first kappa shape index (κ1) is 12.2. The highest BCUT2D eigenvalue weighted by Gasteiger charge is 2.40. The highest BCUT2D eigenvalue weighted by molar-refractivity contribution is 8.00. The smallest absolute Gasteiger partial charge is 0.129 e. The van der Waals surface area contributed by atoms with Crippen LogP contribution in [0.15, 0.2) is 29.7 Å². The van der Waals surface area contributed by atoms with Crippen LogP contribution in [-0.4, -0.2) is 16.4 Å². The summed E-state index contributed by atoms with van der Waals surface area (Å²) in [7, 11) is 0. The van der Waals surface area contributed by atoms with Crippen molar-refractivity contribution in [2.45, 2.75) is 37.8 Å². The molecule has 0 bridgehead atoms. The molecular formula is C14H15F2NS. The molecule has 1 heterocycles. The van der Waals surface area contributed by atoms with E-state index in [1.54, 1.807) is 18.0 Å². The van der Waals surface area contributed by atoms with E-state index in [0.29, 0.717) is 17.6 Å². The zero-order chi connectivity index (χ0) is 12.7. The lowest BCUT2D eigenvalue weighted by atomic mass is 9.74. The second-order valence-corrected chi connectivity index (χ2v) is 5.86. The summed E-state index contributed by atoms with van der Waals surface area (Å²) in [6, 6.07) is 4.70. The van der Waals surface area contributed by atoms with Crippen molar-refractivity contribution < 1.29 is 8.78 Å². The van der Waals surface area contributed by atoms with Gasteiger partial charge < -0.3 is 0 Å². The van der Waals surface area contributed by atoms with Crippen molar-refractivity contribution in [3.8, 4) is 0 Å². The molecule has 1 unspecified atom stereocenters. The van der Waals surface area contributed by atoms with Crippen LogP contribution in [0.25, 0.3) is 0 Å². The molecule has 0 amide bonds. The Bertz CT molecular complexity index is 489. The highest BCUT2D eigenvalue weighted by Crippen LogP contribution is 2.46. The molecule has 0 aromatic heterocycles. The molecule has 1 aromatic carbocycles. The molecule has 1 aromatic rings. The van der Waals surface area contributed by atoms with Gasteiger partial charge in [-0.3, -0.25) is 0 Å². The average Bonchev–Trinajstić information content (AvgIpc) is 2.67. The van der Waals surface area contributed by atoms with E-state index in [9.17, 15) is 8.78 Å². The molecule has 4 heteroatoms. The van der Waals surface area contributed by atoms with Crippen LogP contribution in [0.2, 0.25) is 0 Å². The predicted octanol–water partition coefficient (Wildman–Crippen LogP) is 4.08. The maximum absolute atomic E-state index is 13.8. The minimum Gasteiger partial charge on any atom is -0.237 e. The van der Waals surface area contributed by atoms with E-state index in [0.717, 1.165) is 18.9 Å². The van der Waals surface area contributed by atoms with Gasteiger partial charge in [0.15, 0.2) is 0 Å². The molecule has 18 heavy (non-hydrogen) atoms. The molecule has 96 valence electrons. The van der Waals surface area contributed by atoms with E-state index >= 15 is 0 Å². The molecule has 0 spiro atoms. The van der Waals surface area contributed by atoms with E-state index in [1.807, 2.05) is 0 Å². The fourth-order valence-electron chi connectivity index (χ4n) is 2.73. The van der Waals surface area contributed by atoms with E-state index in [-0.39, 0.29) is 5.92 Å². The van der Waals surface area contributed by atoms with Crippen molar-refractivity contribution in [2.24, 2.45) is 0 Å². The maximum atomic E-state index is 13.8. The van der Waals surface area contributed by atoms with Gasteiger partial charge in [-0.1, -0.05) is 12.1 Å². The van der Waals surface area contributed by atoms with Gasteiger partial charge in [0.2, 0.25) is 0 Å². The van der Waals surface area contributed by atoms with Gasteiger partial charge in [-0.2, -0.15) is 0 Å². The van der Waals surface area contributed by atoms with E-state index in [2.05, 4.69) is 22.7 Å². The minimum absolute atomic E-state index is 0.195. The fraction of sp³-hybridized carbons (Fsp3) is 0.429. The van der Waals surface area contributed by atoms with Crippen LogP contribution >= 0.6 is 11.9 Å². The van der Waals surface area contributed by atoms with E-state index < -0.39 is 11.6 Å². The van der Waals surface area contributed by atoms with Crippen LogP contribution in [0.4, 0.5) is 8.78 Å². The molecule has 1 saturated carbocycles. The summed E-state index contributed by atoms with van der Waals surface area (Å²) in [6.07, 6.45) is 4.22. The third-order valence-electron chi connectivity index (χ3n) is 3.87. The Morgan fingerprint density at radius 1 is 1.28 bits per heavy atom. The van der Waals surface area contributed by atoms with Gasteiger partial charge in [-0.05, 0) is 48.8 Å². The molecule has 0 radical (unpaired) electrons. The van der Waals surface area contributed by atoms with E-state index in [1.165, 1.54) is 6.07 Å². The predicted molar refractivity (Wildman–Crippen MR) is 70.2 cm³/mol. The van der Waals surface area contributed by atoms with Gasteiger partial charge in [0, 0.05) is 24.1 Å². The number of nitrogens with zero attached hydrogens (tertiary/aromatic N) is 1. The summed E-state index contributed by atoms with van der Waals surface area (Å²) < 4.78 is 29.0. The second kappa shape index (κ2) is 4.67. The van der Waals surface area contributed by atoms with Crippen LogP contribution in [0.5, 0.6) is 0 Å². The SMILES string of the molecule is CC1C=CSN1[C@H]1CC[C@H]1c1ccc(F)cc1F. The Labute approximate surface area is 110 Å². The molecule has 0 N–H and O–H groups in total. The van der Waals surface area contributed by atoms with E-state index in [4.69, 9.17) is 0 Å². The lowest BCUT2D eigenvalue weighted by Crippen LogP contribution is -2.44. The second-order valence-electron chi connectivity index (χ2n) is 4.95. The molecule has 3 rings (SSSR count).